The zero-order valence-electron chi connectivity index (χ0n) is 20.5. The van der Waals surface area contributed by atoms with Gasteiger partial charge in [-0.25, -0.2) is 0 Å². The fourth-order valence-electron chi connectivity index (χ4n) is 3.68. The molecule has 0 aliphatic rings. The number of ether oxygens (including phenoxy) is 2. The minimum atomic E-state index is 0.435. The maximum absolute atomic E-state index is 6.60. The molecule has 3 aromatic carbocycles. The van der Waals surface area contributed by atoms with Crippen LogP contribution in [-0.4, -0.2) is 39.1 Å². The Labute approximate surface area is 221 Å². The van der Waals surface area contributed by atoms with Crippen LogP contribution in [0.1, 0.15) is 30.0 Å². The summed E-state index contributed by atoms with van der Waals surface area (Å²) < 4.78 is 13.7. The number of para-hydroxylation sites is 1. The van der Waals surface area contributed by atoms with Crippen molar-refractivity contribution in [2.75, 3.05) is 18.9 Å². The number of nitrogens with zero attached hydrogens (tertiary/aromatic N) is 4. The van der Waals surface area contributed by atoms with Crippen molar-refractivity contribution in [2.45, 2.75) is 38.6 Å². The van der Waals surface area contributed by atoms with E-state index in [4.69, 9.17) is 21.1 Å². The van der Waals surface area contributed by atoms with Gasteiger partial charge in [-0.1, -0.05) is 71.4 Å². The second kappa shape index (κ2) is 13.3. The van der Waals surface area contributed by atoms with Gasteiger partial charge in [0.1, 0.15) is 6.61 Å². The average Bonchev–Trinajstić information content (AvgIpc) is 3.35. The molecule has 0 aliphatic heterocycles. The van der Waals surface area contributed by atoms with Crippen LogP contribution in [-0.2, 0) is 13.2 Å². The predicted octanol–water partition coefficient (Wildman–Crippen LogP) is 5.87. The summed E-state index contributed by atoms with van der Waals surface area (Å²) in [6.45, 7) is 6.53. The number of rotatable bonds is 13. The summed E-state index contributed by atoms with van der Waals surface area (Å²) in [5, 5.41) is 16.9. The molecule has 4 aromatic rings. The summed E-state index contributed by atoms with van der Waals surface area (Å²) in [5.74, 6) is 2.14. The maximum atomic E-state index is 6.60. The molecule has 188 valence electrons. The number of nitrogens with one attached hydrogen (secondary N) is 1. The van der Waals surface area contributed by atoms with Gasteiger partial charge >= 0.3 is 0 Å². The summed E-state index contributed by atoms with van der Waals surface area (Å²) in [6, 6.07) is 22.1. The zero-order chi connectivity index (χ0) is 25.2. The first kappa shape index (κ1) is 26.0. The first-order valence-electron chi connectivity index (χ1n) is 11.9. The number of aryl methyl sites for hydroxylation is 1. The lowest BCUT2D eigenvalue weighted by molar-refractivity contribution is 0.269. The van der Waals surface area contributed by atoms with Crippen LogP contribution in [0.3, 0.4) is 0 Å². The molecule has 1 N–H and O–H groups in total. The second-order valence-electron chi connectivity index (χ2n) is 8.20. The van der Waals surface area contributed by atoms with Gasteiger partial charge in [0.05, 0.1) is 17.3 Å². The van der Waals surface area contributed by atoms with Crippen molar-refractivity contribution in [1.82, 2.24) is 25.5 Å². The first-order valence-corrected chi connectivity index (χ1v) is 13.3. The van der Waals surface area contributed by atoms with Gasteiger partial charge in [0.15, 0.2) is 11.5 Å². The first-order chi connectivity index (χ1) is 17.6. The SMILES string of the molecule is CCOc1cc(CNCCCSc2nnnn2-c2ccccc2)cc(Cl)c1OCc1cccc(C)c1. The van der Waals surface area contributed by atoms with Crippen molar-refractivity contribution in [1.29, 1.82) is 0 Å². The lowest BCUT2D eigenvalue weighted by Gasteiger charge is -2.16. The highest BCUT2D eigenvalue weighted by molar-refractivity contribution is 7.99. The topological polar surface area (TPSA) is 74.1 Å². The Kier molecular flexibility index (Phi) is 9.61. The Morgan fingerprint density at radius 1 is 1.00 bits per heavy atom. The molecule has 0 spiro atoms. The molecule has 0 saturated carbocycles. The molecule has 0 radical (unpaired) electrons. The third kappa shape index (κ3) is 7.22. The van der Waals surface area contributed by atoms with Crippen LogP contribution in [0.5, 0.6) is 11.5 Å². The van der Waals surface area contributed by atoms with Crippen LogP contribution >= 0.6 is 23.4 Å². The van der Waals surface area contributed by atoms with E-state index in [2.05, 4.69) is 39.9 Å². The van der Waals surface area contributed by atoms with Crippen LogP contribution in [0.15, 0.2) is 71.9 Å². The van der Waals surface area contributed by atoms with Crippen molar-refractivity contribution in [2.24, 2.45) is 0 Å². The highest BCUT2D eigenvalue weighted by atomic mass is 35.5. The van der Waals surface area contributed by atoms with E-state index in [0.717, 1.165) is 40.7 Å². The summed E-state index contributed by atoms with van der Waals surface area (Å²) in [7, 11) is 0. The molecule has 0 aliphatic carbocycles. The van der Waals surface area contributed by atoms with Crippen LogP contribution < -0.4 is 14.8 Å². The molecule has 0 atom stereocenters. The molecule has 0 bridgehead atoms. The van der Waals surface area contributed by atoms with Gasteiger partial charge in [-0.2, -0.15) is 4.68 Å². The largest absolute Gasteiger partial charge is 0.490 e. The fraction of sp³-hybridized carbons (Fsp3) is 0.296. The number of tetrazole rings is 1. The summed E-state index contributed by atoms with van der Waals surface area (Å²) in [5.41, 5.74) is 4.29. The van der Waals surface area contributed by atoms with Crippen LogP contribution in [0.2, 0.25) is 5.02 Å². The molecule has 1 heterocycles. The molecule has 36 heavy (non-hydrogen) atoms. The van der Waals surface area contributed by atoms with Crippen LogP contribution in [0, 0.1) is 6.92 Å². The Hall–Kier alpha value is -3.07. The van der Waals surface area contributed by atoms with Crippen molar-refractivity contribution in [3.8, 4) is 17.2 Å². The highest BCUT2D eigenvalue weighted by Crippen LogP contribution is 2.37. The number of hydrogen-bond donors (Lipinski definition) is 1. The van der Waals surface area contributed by atoms with E-state index in [1.807, 2.05) is 61.5 Å². The lowest BCUT2D eigenvalue weighted by Crippen LogP contribution is -2.15. The van der Waals surface area contributed by atoms with Gasteiger partial charge in [0.2, 0.25) is 5.16 Å². The zero-order valence-corrected chi connectivity index (χ0v) is 22.1. The molecule has 0 fully saturated rings. The van der Waals surface area contributed by atoms with E-state index in [1.54, 1.807) is 16.4 Å². The van der Waals surface area contributed by atoms with Crippen molar-refractivity contribution < 1.29 is 9.47 Å². The second-order valence-corrected chi connectivity index (χ2v) is 9.67. The smallest absolute Gasteiger partial charge is 0.214 e. The minimum Gasteiger partial charge on any atom is -0.490 e. The maximum Gasteiger partial charge on any atom is 0.214 e. The van der Waals surface area contributed by atoms with E-state index in [9.17, 15) is 0 Å². The van der Waals surface area contributed by atoms with Gasteiger partial charge in [-0.15, -0.1) is 5.10 Å². The monoisotopic (exact) mass is 523 g/mol. The fourth-order valence-corrected chi connectivity index (χ4v) is 4.79. The Bertz CT molecular complexity index is 1250. The summed E-state index contributed by atoms with van der Waals surface area (Å²) in [4.78, 5) is 0. The molecular weight excluding hydrogens is 494 g/mol. The average molecular weight is 524 g/mol. The minimum absolute atomic E-state index is 0.435. The third-order valence-corrected chi connectivity index (χ3v) is 6.62. The molecule has 0 saturated heterocycles. The lowest BCUT2D eigenvalue weighted by atomic mass is 10.1. The van der Waals surface area contributed by atoms with Gasteiger partial charge in [0, 0.05) is 12.3 Å². The molecule has 0 amide bonds. The number of aromatic nitrogens is 4. The van der Waals surface area contributed by atoms with Gasteiger partial charge in [-0.3, -0.25) is 0 Å². The Morgan fingerprint density at radius 2 is 1.86 bits per heavy atom. The van der Waals surface area contributed by atoms with Crippen molar-refractivity contribution in [3.05, 3.63) is 88.4 Å². The highest BCUT2D eigenvalue weighted by Gasteiger charge is 2.13. The van der Waals surface area contributed by atoms with Crippen molar-refractivity contribution >= 4 is 23.4 Å². The molecule has 7 nitrogen and oxygen atoms in total. The van der Waals surface area contributed by atoms with Crippen LogP contribution in [0.25, 0.3) is 5.69 Å². The number of hydrogen-bond acceptors (Lipinski definition) is 7. The molecule has 1 aromatic heterocycles. The molecule has 0 unspecified atom stereocenters. The number of thioether (sulfide) groups is 1. The summed E-state index contributed by atoms with van der Waals surface area (Å²) >= 11 is 8.24. The predicted molar refractivity (Wildman–Crippen MR) is 144 cm³/mol. The van der Waals surface area contributed by atoms with E-state index < -0.39 is 0 Å². The molecular formula is C27H30ClN5O2S. The summed E-state index contributed by atoms with van der Waals surface area (Å²) in [6.07, 6.45) is 0.968. The standard InChI is InChI=1S/C27H30ClN5O2S/c1-3-34-25-17-22(16-24(28)26(25)35-19-21-10-7-9-20(2)15-21)18-29-13-8-14-36-27-30-31-32-33(27)23-11-5-4-6-12-23/h4-7,9-12,15-17,29H,3,8,13-14,18-19H2,1-2H3. The number of benzene rings is 3. The van der Waals surface area contributed by atoms with E-state index in [-0.39, 0.29) is 0 Å². The van der Waals surface area contributed by atoms with E-state index in [0.29, 0.717) is 36.3 Å². The third-order valence-electron chi connectivity index (χ3n) is 5.33. The van der Waals surface area contributed by atoms with E-state index in [1.165, 1.54) is 5.56 Å². The van der Waals surface area contributed by atoms with Crippen molar-refractivity contribution in [3.63, 3.8) is 0 Å². The Morgan fingerprint density at radius 3 is 2.67 bits per heavy atom. The normalized spacial score (nSPS) is 11.0. The molecule has 4 rings (SSSR count). The van der Waals surface area contributed by atoms with Crippen LogP contribution in [0.4, 0.5) is 0 Å². The van der Waals surface area contributed by atoms with Gasteiger partial charge in [-0.05, 0) is 72.6 Å². The number of halogens is 1. The van der Waals surface area contributed by atoms with Gasteiger partial charge < -0.3 is 14.8 Å². The van der Waals surface area contributed by atoms with Gasteiger partial charge in [0.25, 0.3) is 0 Å². The Balaban J connectivity index is 1.26. The quantitative estimate of drug-likeness (QED) is 0.173. The molecule has 9 heteroatoms. The van der Waals surface area contributed by atoms with E-state index >= 15 is 0 Å².